The molecule has 0 aromatic carbocycles. The highest BCUT2D eigenvalue weighted by Gasteiger charge is 2.41. The second-order valence-electron chi connectivity index (χ2n) is 8.40. The first-order valence-electron chi connectivity index (χ1n) is 10.6. The van der Waals surface area contributed by atoms with E-state index in [4.69, 9.17) is 12.2 Å². The van der Waals surface area contributed by atoms with Crippen molar-refractivity contribution in [3.8, 4) is 0 Å². The van der Waals surface area contributed by atoms with Crippen molar-refractivity contribution < 1.29 is 0 Å². The van der Waals surface area contributed by atoms with Crippen LogP contribution >= 0.6 is 12.2 Å². The van der Waals surface area contributed by atoms with Gasteiger partial charge in [-0.15, -0.1) is 0 Å². The van der Waals surface area contributed by atoms with Gasteiger partial charge in [0.05, 0.1) is 17.8 Å². The van der Waals surface area contributed by atoms with E-state index < -0.39 is 0 Å². The Bertz CT molecular complexity index is 1030. The third-order valence-electron chi connectivity index (χ3n) is 5.98. The summed E-state index contributed by atoms with van der Waals surface area (Å²) < 4.78 is 2.37. The molecule has 0 amide bonds. The fourth-order valence-corrected chi connectivity index (χ4v) is 4.67. The maximum absolute atomic E-state index is 5.79. The Morgan fingerprint density at radius 1 is 1.13 bits per heavy atom. The standard InChI is InChI=1S/C24H30N6S/c1-17-14-20(18(2)30(17)16-19-8-7-10-25-15-19)23-22(21-9-5-6-11-26-21)27-24(31)29(23)13-12-28(3)4/h5-11,14-15,22-23H,12-13,16H2,1-4H3,(H,27,31). The Morgan fingerprint density at radius 3 is 2.65 bits per heavy atom. The fourth-order valence-electron chi connectivity index (χ4n) is 4.34. The molecule has 2 unspecified atom stereocenters. The van der Waals surface area contributed by atoms with Gasteiger partial charge in [-0.05, 0) is 75.6 Å². The molecule has 6 nitrogen and oxygen atoms in total. The summed E-state index contributed by atoms with van der Waals surface area (Å²) in [5.74, 6) is 0. The fraction of sp³-hybridized carbons (Fsp3) is 0.375. The van der Waals surface area contributed by atoms with Crippen molar-refractivity contribution in [3.63, 3.8) is 0 Å². The zero-order valence-corrected chi connectivity index (χ0v) is 19.4. The van der Waals surface area contributed by atoms with Gasteiger partial charge in [-0.1, -0.05) is 12.1 Å². The van der Waals surface area contributed by atoms with Crippen LogP contribution in [0.5, 0.6) is 0 Å². The number of hydrogen-bond donors (Lipinski definition) is 1. The molecule has 31 heavy (non-hydrogen) atoms. The quantitative estimate of drug-likeness (QED) is 0.575. The molecule has 7 heteroatoms. The molecule has 162 valence electrons. The topological polar surface area (TPSA) is 49.2 Å². The van der Waals surface area contributed by atoms with Crippen molar-refractivity contribution in [1.29, 1.82) is 0 Å². The molecule has 0 bridgehead atoms. The average molecular weight is 435 g/mol. The molecule has 1 fully saturated rings. The lowest BCUT2D eigenvalue weighted by molar-refractivity contribution is 0.277. The van der Waals surface area contributed by atoms with E-state index in [0.29, 0.717) is 0 Å². The molecule has 0 aliphatic carbocycles. The summed E-state index contributed by atoms with van der Waals surface area (Å²) in [6, 6.07) is 12.6. The lowest BCUT2D eigenvalue weighted by Gasteiger charge is -2.29. The summed E-state index contributed by atoms with van der Waals surface area (Å²) in [6.45, 7) is 6.98. The van der Waals surface area contributed by atoms with Crippen molar-refractivity contribution in [2.24, 2.45) is 0 Å². The molecule has 1 aliphatic rings. The molecule has 4 heterocycles. The van der Waals surface area contributed by atoms with Crippen molar-refractivity contribution in [3.05, 3.63) is 83.2 Å². The van der Waals surface area contributed by atoms with Crippen molar-refractivity contribution >= 4 is 17.3 Å². The molecule has 4 rings (SSSR count). The van der Waals surface area contributed by atoms with Gasteiger partial charge in [0, 0.05) is 49.6 Å². The van der Waals surface area contributed by atoms with Crippen LogP contribution < -0.4 is 5.32 Å². The molecule has 0 spiro atoms. The molecule has 1 N–H and O–H groups in total. The highest BCUT2D eigenvalue weighted by Crippen LogP contribution is 2.40. The predicted molar refractivity (Wildman–Crippen MR) is 128 cm³/mol. The van der Waals surface area contributed by atoms with Crippen molar-refractivity contribution in [1.82, 2.24) is 29.7 Å². The zero-order chi connectivity index (χ0) is 22.0. The Balaban J connectivity index is 1.73. The zero-order valence-electron chi connectivity index (χ0n) is 18.6. The van der Waals surface area contributed by atoms with Gasteiger partial charge in [0.2, 0.25) is 0 Å². The molecule has 2 atom stereocenters. The van der Waals surface area contributed by atoms with Crippen LogP contribution in [0.3, 0.4) is 0 Å². The van der Waals surface area contributed by atoms with E-state index >= 15 is 0 Å². The van der Waals surface area contributed by atoms with Crippen LogP contribution in [0.15, 0.2) is 55.0 Å². The summed E-state index contributed by atoms with van der Waals surface area (Å²) >= 11 is 5.79. The second kappa shape index (κ2) is 9.16. The van der Waals surface area contributed by atoms with E-state index in [9.17, 15) is 0 Å². The van der Waals surface area contributed by atoms with Crippen LogP contribution in [0.4, 0.5) is 0 Å². The third-order valence-corrected chi connectivity index (χ3v) is 6.33. The van der Waals surface area contributed by atoms with Crippen LogP contribution in [0.2, 0.25) is 0 Å². The van der Waals surface area contributed by atoms with Gasteiger partial charge in [-0.2, -0.15) is 0 Å². The minimum Gasteiger partial charge on any atom is -0.352 e. The monoisotopic (exact) mass is 434 g/mol. The van der Waals surface area contributed by atoms with Gasteiger partial charge in [0.15, 0.2) is 5.11 Å². The number of likely N-dealkylation sites (N-methyl/N-ethyl adjacent to an activating group) is 1. The Hall–Kier alpha value is -2.77. The molecular formula is C24H30N6S. The second-order valence-corrected chi connectivity index (χ2v) is 8.78. The van der Waals surface area contributed by atoms with Crippen molar-refractivity contribution in [2.45, 2.75) is 32.5 Å². The van der Waals surface area contributed by atoms with Crippen LogP contribution in [-0.4, -0.2) is 56.6 Å². The highest BCUT2D eigenvalue weighted by atomic mass is 32.1. The van der Waals surface area contributed by atoms with Gasteiger partial charge in [-0.3, -0.25) is 9.97 Å². The first kappa shape index (κ1) is 21.5. The number of pyridine rings is 2. The first-order valence-corrected chi connectivity index (χ1v) is 11.0. The number of aryl methyl sites for hydroxylation is 1. The summed E-state index contributed by atoms with van der Waals surface area (Å²) in [5.41, 5.74) is 6.00. The SMILES string of the molecule is Cc1cc(C2C(c3ccccn3)NC(=S)N2CCN(C)C)c(C)n1Cc1cccnc1. The van der Waals surface area contributed by atoms with Crippen LogP contribution in [0.1, 0.15) is 40.3 Å². The molecular weight excluding hydrogens is 404 g/mol. The molecule has 0 saturated carbocycles. The van der Waals surface area contributed by atoms with Crippen LogP contribution in [-0.2, 0) is 6.54 Å². The third kappa shape index (κ3) is 4.48. The first-order chi connectivity index (χ1) is 15.0. The molecule has 0 radical (unpaired) electrons. The smallest absolute Gasteiger partial charge is 0.170 e. The molecule has 3 aromatic rings. The molecule has 1 saturated heterocycles. The summed E-state index contributed by atoms with van der Waals surface area (Å²) in [5, 5.41) is 4.35. The van der Waals surface area contributed by atoms with Gasteiger partial charge in [0.25, 0.3) is 0 Å². The van der Waals surface area contributed by atoms with E-state index in [1.807, 2.05) is 36.8 Å². The Labute approximate surface area is 189 Å². The Kier molecular flexibility index (Phi) is 6.34. The normalized spacial score (nSPS) is 18.6. The van der Waals surface area contributed by atoms with Gasteiger partial charge in [0.1, 0.15) is 0 Å². The van der Waals surface area contributed by atoms with Gasteiger partial charge in [-0.25, -0.2) is 0 Å². The molecule has 3 aromatic heterocycles. The lowest BCUT2D eigenvalue weighted by Crippen LogP contribution is -2.35. The van der Waals surface area contributed by atoms with E-state index in [2.05, 4.69) is 75.8 Å². The number of nitrogens with zero attached hydrogens (tertiary/aromatic N) is 5. The largest absolute Gasteiger partial charge is 0.352 e. The number of aromatic nitrogens is 3. The van der Waals surface area contributed by atoms with Gasteiger partial charge >= 0.3 is 0 Å². The minimum absolute atomic E-state index is 0.0169. The number of hydrogen-bond acceptors (Lipinski definition) is 4. The minimum atomic E-state index is 0.0169. The van der Waals surface area contributed by atoms with Crippen LogP contribution in [0.25, 0.3) is 0 Å². The highest BCUT2D eigenvalue weighted by molar-refractivity contribution is 7.80. The van der Waals surface area contributed by atoms with E-state index in [0.717, 1.165) is 30.4 Å². The van der Waals surface area contributed by atoms with Crippen molar-refractivity contribution in [2.75, 3.05) is 27.2 Å². The summed E-state index contributed by atoms with van der Waals surface area (Å²) in [4.78, 5) is 13.4. The van der Waals surface area contributed by atoms with Crippen LogP contribution in [0, 0.1) is 13.8 Å². The number of nitrogens with one attached hydrogen (secondary N) is 1. The molecule has 1 aliphatic heterocycles. The lowest BCUT2D eigenvalue weighted by atomic mass is 9.97. The van der Waals surface area contributed by atoms with E-state index in [1.165, 1.54) is 22.5 Å². The predicted octanol–water partition coefficient (Wildman–Crippen LogP) is 3.48. The summed E-state index contributed by atoms with van der Waals surface area (Å²) in [7, 11) is 4.19. The Morgan fingerprint density at radius 2 is 1.97 bits per heavy atom. The van der Waals surface area contributed by atoms with Gasteiger partial charge < -0.3 is 19.7 Å². The maximum Gasteiger partial charge on any atom is 0.170 e. The summed E-state index contributed by atoms with van der Waals surface area (Å²) in [6.07, 6.45) is 5.60. The van der Waals surface area contributed by atoms with E-state index in [1.54, 1.807) is 0 Å². The van der Waals surface area contributed by atoms with E-state index in [-0.39, 0.29) is 12.1 Å². The number of rotatable bonds is 7. The number of thiocarbonyl (C=S) groups is 1. The maximum atomic E-state index is 5.79. The average Bonchev–Trinajstić information content (AvgIpc) is 3.24.